The van der Waals surface area contributed by atoms with Crippen molar-refractivity contribution in [2.45, 2.75) is 20.4 Å². The zero-order chi connectivity index (χ0) is 21.2. The van der Waals surface area contributed by atoms with Crippen molar-refractivity contribution < 1.29 is 23.9 Å². The number of halogens is 1. The number of benzene rings is 2. The molecule has 0 aliphatic rings. The summed E-state index contributed by atoms with van der Waals surface area (Å²) in [6.45, 7) is 3.67. The van der Waals surface area contributed by atoms with Gasteiger partial charge in [-0.1, -0.05) is 36.4 Å². The van der Waals surface area contributed by atoms with Gasteiger partial charge in [0.05, 0.1) is 19.8 Å². The Morgan fingerprint density at radius 1 is 0.931 bits per heavy atom. The molecule has 0 radical (unpaired) electrons. The molecule has 2 aromatic rings. The van der Waals surface area contributed by atoms with Gasteiger partial charge in [-0.05, 0) is 60.2 Å². The van der Waals surface area contributed by atoms with Gasteiger partial charge in [-0.2, -0.15) is 0 Å². The Morgan fingerprint density at radius 2 is 1.55 bits per heavy atom. The van der Waals surface area contributed by atoms with Crippen LogP contribution >= 0.6 is 22.6 Å². The van der Waals surface area contributed by atoms with E-state index in [0.717, 1.165) is 15.2 Å². The number of amides is 1. The summed E-state index contributed by atoms with van der Waals surface area (Å²) in [5.74, 6) is -2.30. The molecule has 0 aliphatic carbocycles. The Labute approximate surface area is 183 Å². The third kappa shape index (κ3) is 6.70. The lowest BCUT2D eigenvalue weighted by Crippen LogP contribution is -2.31. The highest BCUT2D eigenvalue weighted by Crippen LogP contribution is 2.21. The minimum atomic E-state index is -0.887. The maximum atomic E-state index is 13.1. The summed E-state index contributed by atoms with van der Waals surface area (Å²) in [5, 5.41) is 0. The molecule has 0 aliphatic heterocycles. The molecule has 0 fully saturated rings. The number of carbonyl (C=O) groups is 3. The Kier molecular flexibility index (Phi) is 8.85. The predicted octanol–water partition coefficient (Wildman–Crippen LogP) is 3.88. The van der Waals surface area contributed by atoms with Crippen LogP contribution in [0.2, 0.25) is 0 Å². The Morgan fingerprint density at radius 3 is 2.10 bits per heavy atom. The van der Waals surface area contributed by atoms with Crippen molar-refractivity contribution in [2.75, 3.05) is 18.1 Å². The lowest BCUT2D eigenvalue weighted by atomic mass is 10.1. The van der Waals surface area contributed by atoms with E-state index in [2.05, 4.69) is 22.6 Å². The first-order valence-corrected chi connectivity index (χ1v) is 10.2. The van der Waals surface area contributed by atoms with Crippen LogP contribution < -0.4 is 4.90 Å². The van der Waals surface area contributed by atoms with Gasteiger partial charge in [0, 0.05) is 15.3 Å². The molecule has 0 heterocycles. The van der Waals surface area contributed by atoms with Gasteiger partial charge in [0.15, 0.2) is 0 Å². The lowest BCUT2D eigenvalue weighted by molar-refractivity contribution is -0.146. The van der Waals surface area contributed by atoms with Crippen LogP contribution in [0.3, 0.4) is 0 Å². The van der Waals surface area contributed by atoms with E-state index in [0.29, 0.717) is 5.69 Å². The monoisotopic (exact) mass is 507 g/mol. The fourth-order valence-corrected chi connectivity index (χ4v) is 3.05. The normalized spacial score (nSPS) is 10.0. The molecule has 1 amide bonds. The second kappa shape index (κ2) is 11.4. The van der Waals surface area contributed by atoms with Crippen molar-refractivity contribution in [3.8, 4) is 0 Å². The third-order valence-corrected chi connectivity index (χ3v) is 4.50. The van der Waals surface area contributed by atoms with Crippen LogP contribution in [0.4, 0.5) is 5.69 Å². The lowest BCUT2D eigenvalue weighted by Gasteiger charge is -2.22. The summed E-state index contributed by atoms with van der Waals surface area (Å²) in [5.41, 5.74) is 1.12. The van der Waals surface area contributed by atoms with Crippen LogP contribution in [-0.2, 0) is 30.4 Å². The predicted molar refractivity (Wildman–Crippen MR) is 118 cm³/mol. The van der Waals surface area contributed by atoms with Crippen molar-refractivity contribution in [3.63, 3.8) is 0 Å². The number of hydrogen-bond donors (Lipinski definition) is 0. The molecule has 0 aromatic heterocycles. The maximum Gasteiger partial charge on any atom is 0.345 e. The number of ether oxygens (including phenoxy) is 2. The molecule has 152 valence electrons. The summed E-state index contributed by atoms with van der Waals surface area (Å²) in [6, 6.07) is 16.8. The maximum absolute atomic E-state index is 13.1. The fourth-order valence-electron chi connectivity index (χ4n) is 2.53. The first-order chi connectivity index (χ1) is 14.0. The fraction of sp³-hybridized carbons (Fsp3) is 0.227. The Balaban J connectivity index is 2.43. The van der Waals surface area contributed by atoms with Gasteiger partial charge in [0.1, 0.15) is 5.57 Å². The molecule has 0 unspecified atom stereocenters. The first kappa shape index (κ1) is 22.6. The number of rotatable bonds is 8. The summed E-state index contributed by atoms with van der Waals surface area (Å²) in [7, 11) is 0. The molecule has 0 saturated heterocycles. The van der Waals surface area contributed by atoms with Crippen molar-refractivity contribution in [1.82, 2.24) is 0 Å². The number of esters is 2. The average molecular weight is 507 g/mol. The Bertz CT molecular complexity index is 875. The topological polar surface area (TPSA) is 72.9 Å². The Hall–Kier alpha value is -2.68. The van der Waals surface area contributed by atoms with Crippen LogP contribution in [0.15, 0.2) is 66.2 Å². The number of hydrogen-bond acceptors (Lipinski definition) is 5. The highest BCUT2D eigenvalue weighted by Gasteiger charge is 2.25. The van der Waals surface area contributed by atoms with Crippen LogP contribution in [0, 0.1) is 3.57 Å². The van der Waals surface area contributed by atoms with E-state index in [1.165, 1.54) is 4.90 Å². The average Bonchev–Trinajstić information content (AvgIpc) is 2.71. The van der Waals surface area contributed by atoms with Crippen molar-refractivity contribution in [1.29, 1.82) is 0 Å². The van der Waals surface area contributed by atoms with Gasteiger partial charge in [0.2, 0.25) is 0 Å². The molecule has 2 rings (SSSR count). The van der Waals surface area contributed by atoms with Gasteiger partial charge < -0.3 is 14.4 Å². The summed E-state index contributed by atoms with van der Waals surface area (Å²) in [6.07, 6.45) is 0.985. The largest absolute Gasteiger partial charge is 0.462 e. The molecular weight excluding hydrogens is 485 g/mol. The van der Waals surface area contributed by atoms with Gasteiger partial charge >= 0.3 is 11.9 Å². The zero-order valence-electron chi connectivity index (χ0n) is 16.3. The van der Waals surface area contributed by atoms with E-state index in [-0.39, 0.29) is 19.8 Å². The molecule has 29 heavy (non-hydrogen) atoms. The summed E-state index contributed by atoms with van der Waals surface area (Å²) < 4.78 is 10.8. The van der Waals surface area contributed by atoms with Crippen LogP contribution in [0.5, 0.6) is 0 Å². The molecule has 7 heteroatoms. The zero-order valence-corrected chi connectivity index (χ0v) is 18.4. The van der Waals surface area contributed by atoms with E-state index in [1.807, 2.05) is 48.5 Å². The van der Waals surface area contributed by atoms with Crippen LogP contribution in [-0.4, -0.2) is 31.1 Å². The van der Waals surface area contributed by atoms with E-state index in [4.69, 9.17) is 9.47 Å². The minimum absolute atomic E-state index is 0.0778. The summed E-state index contributed by atoms with van der Waals surface area (Å²) in [4.78, 5) is 39.0. The number of anilines is 1. The quantitative estimate of drug-likeness (QED) is 0.178. The van der Waals surface area contributed by atoms with E-state index in [1.54, 1.807) is 19.9 Å². The first-order valence-electron chi connectivity index (χ1n) is 9.13. The highest BCUT2D eigenvalue weighted by atomic mass is 127. The second-order valence-corrected chi connectivity index (χ2v) is 7.13. The second-order valence-electron chi connectivity index (χ2n) is 5.89. The van der Waals surface area contributed by atoms with Crippen molar-refractivity contribution in [3.05, 3.63) is 75.4 Å². The molecular formula is C22H22INO5. The molecule has 0 atom stereocenters. The van der Waals surface area contributed by atoms with E-state index < -0.39 is 23.4 Å². The molecule has 0 spiro atoms. The van der Waals surface area contributed by atoms with Crippen molar-refractivity contribution in [2.24, 2.45) is 0 Å². The molecule has 0 saturated carbocycles. The number of carbonyl (C=O) groups excluding carboxylic acids is 3. The van der Waals surface area contributed by atoms with Crippen molar-refractivity contribution >= 4 is 46.1 Å². The highest BCUT2D eigenvalue weighted by molar-refractivity contribution is 14.1. The van der Waals surface area contributed by atoms with Gasteiger partial charge in [-0.15, -0.1) is 0 Å². The molecule has 6 nitrogen and oxygen atoms in total. The van der Waals surface area contributed by atoms with Gasteiger partial charge in [-0.25, -0.2) is 9.59 Å². The van der Waals surface area contributed by atoms with Crippen LogP contribution in [0.25, 0.3) is 0 Å². The molecule has 2 aromatic carbocycles. The smallest absolute Gasteiger partial charge is 0.345 e. The molecule has 0 bridgehead atoms. The third-order valence-electron chi connectivity index (χ3n) is 3.83. The van der Waals surface area contributed by atoms with Gasteiger partial charge in [0.25, 0.3) is 5.91 Å². The van der Waals surface area contributed by atoms with Gasteiger partial charge in [-0.3, -0.25) is 4.79 Å². The SMILES string of the molecule is CCOC(=O)C(=CC(=O)N(Cc1ccccc1)c1cccc(I)c1)C(=O)OCC. The van der Waals surface area contributed by atoms with E-state index >= 15 is 0 Å². The summed E-state index contributed by atoms with van der Waals surface area (Å²) >= 11 is 2.16. The minimum Gasteiger partial charge on any atom is -0.462 e. The van der Waals surface area contributed by atoms with E-state index in [9.17, 15) is 14.4 Å². The standard InChI is InChI=1S/C22H22INO5/c1-3-28-21(26)19(22(27)29-4-2)14-20(25)24(15-16-9-6-5-7-10-16)18-12-8-11-17(23)13-18/h5-14H,3-4,15H2,1-2H3. The number of nitrogens with zero attached hydrogens (tertiary/aromatic N) is 1. The van der Waals surface area contributed by atoms with Crippen LogP contribution in [0.1, 0.15) is 19.4 Å². The molecule has 0 N–H and O–H groups in total.